The lowest BCUT2D eigenvalue weighted by atomic mass is 9.95. The molecule has 1 atom stereocenters. The van der Waals surface area contributed by atoms with Crippen LogP contribution in [0.2, 0.25) is 0 Å². The summed E-state index contributed by atoms with van der Waals surface area (Å²) in [6.07, 6.45) is 0.868. The summed E-state index contributed by atoms with van der Waals surface area (Å²) in [5.41, 5.74) is 0.235. The highest BCUT2D eigenvalue weighted by atomic mass is 32.1. The maximum absolute atomic E-state index is 13.4. The second-order valence-electron chi connectivity index (χ2n) is 10.2. The topological polar surface area (TPSA) is 143 Å². The highest BCUT2D eigenvalue weighted by molar-refractivity contribution is 7.16. The van der Waals surface area contributed by atoms with E-state index in [1.54, 1.807) is 30.2 Å². The summed E-state index contributed by atoms with van der Waals surface area (Å²) >= 11 is 1.11. The molecule has 3 amide bonds. The first-order valence-electron chi connectivity index (χ1n) is 13.4. The van der Waals surface area contributed by atoms with Crippen molar-refractivity contribution in [3.05, 3.63) is 70.4 Å². The van der Waals surface area contributed by atoms with Gasteiger partial charge in [0.1, 0.15) is 33.5 Å². The van der Waals surface area contributed by atoms with E-state index in [0.717, 1.165) is 23.3 Å². The van der Waals surface area contributed by atoms with Gasteiger partial charge in [0.2, 0.25) is 5.91 Å². The van der Waals surface area contributed by atoms with E-state index in [2.05, 4.69) is 15.6 Å². The van der Waals surface area contributed by atoms with Gasteiger partial charge in [-0.2, -0.15) is 5.26 Å². The third-order valence-corrected chi connectivity index (χ3v) is 7.92. The van der Waals surface area contributed by atoms with Crippen LogP contribution in [0.4, 0.5) is 9.80 Å². The molecule has 0 spiro atoms. The number of amides is 3. The second-order valence-corrected chi connectivity index (χ2v) is 11.2. The lowest BCUT2D eigenvalue weighted by Gasteiger charge is -2.22. The van der Waals surface area contributed by atoms with Crippen LogP contribution in [0.3, 0.4) is 0 Å². The molecule has 12 heteroatoms. The zero-order valence-electron chi connectivity index (χ0n) is 23.9. The van der Waals surface area contributed by atoms with Gasteiger partial charge in [-0.25, -0.2) is 9.78 Å². The van der Waals surface area contributed by atoms with Gasteiger partial charge >= 0.3 is 6.09 Å². The Balaban J connectivity index is 1.56. The number of hydrogen-bond acceptors (Lipinski definition) is 9. The molecule has 2 heterocycles. The van der Waals surface area contributed by atoms with E-state index in [0.29, 0.717) is 35.0 Å². The van der Waals surface area contributed by atoms with E-state index >= 15 is 0 Å². The number of aromatic nitrogens is 1. The van der Waals surface area contributed by atoms with Gasteiger partial charge in [0.15, 0.2) is 5.69 Å². The Morgan fingerprint density at radius 2 is 1.90 bits per heavy atom. The molecule has 1 saturated heterocycles. The highest BCUT2D eigenvalue weighted by Gasteiger charge is 2.36. The number of hydrogen-bond donors (Lipinski definition) is 2. The lowest BCUT2D eigenvalue weighted by molar-refractivity contribution is -0.121. The molecule has 0 unspecified atom stereocenters. The van der Waals surface area contributed by atoms with Crippen LogP contribution in [-0.2, 0) is 22.7 Å². The number of thiazole rings is 1. The van der Waals surface area contributed by atoms with Gasteiger partial charge in [0.25, 0.3) is 5.91 Å². The van der Waals surface area contributed by atoms with E-state index < -0.39 is 29.4 Å². The molecule has 3 aromatic rings. The minimum atomic E-state index is -1.34. The quantitative estimate of drug-likeness (QED) is 0.333. The molecule has 1 fully saturated rings. The average molecular weight is 592 g/mol. The van der Waals surface area contributed by atoms with Gasteiger partial charge in [0.05, 0.1) is 26.3 Å². The van der Waals surface area contributed by atoms with Gasteiger partial charge < -0.3 is 24.8 Å². The Kier molecular flexibility index (Phi) is 9.64. The summed E-state index contributed by atoms with van der Waals surface area (Å²) in [5.74, 6) is 0.0429. The maximum Gasteiger partial charge on any atom is 0.410 e. The Morgan fingerprint density at radius 3 is 2.60 bits per heavy atom. The average Bonchev–Trinajstić information content (AvgIpc) is 3.66. The molecule has 1 aliphatic heterocycles. The van der Waals surface area contributed by atoms with Crippen molar-refractivity contribution in [2.24, 2.45) is 5.41 Å². The molecule has 1 aliphatic rings. The number of carbonyl (C=O) groups excluding carboxylic acids is 3. The summed E-state index contributed by atoms with van der Waals surface area (Å²) in [5, 5.41) is 15.7. The van der Waals surface area contributed by atoms with Crippen LogP contribution < -0.4 is 20.1 Å². The van der Waals surface area contributed by atoms with E-state index in [1.165, 1.54) is 21.0 Å². The first-order valence-corrected chi connectivity index (χ1v) is 14.2. The molecular formula is C30H33N5O6S. The lowest BCUT2D eigenvalue weighted by Crippen LogP contribution is -2.31. The molecule has 0 saturated carbocycles. The van der Waals surface area contributed by atoms with Crippen molar-refractivity contribution >= 4 is 34.2 Å². The van der Waals surface area contributed by atoms with Crippen LogP contribution in [0.25, 0.3) is 0 Å². The van der Waals surface area contributed by atoms with E-state index in [1.807, 2.05) is 36.4 Å². The standard InChI is InChI=1S/C30H33N5O6S/c1-30(2,18-31)28(37)34-27-24(25(36)32-16-20-12-13-21(39-3)15-23(20)40-4)33-26(42-27)22-11-8-14-35(22)29(38)41-17-19-9-6-5-7-10-19/h5-7,9-10,12-13,15,22H,8,11,14,16-17H2,1-4H3,(H,32,36)(H,34,37)/t22-/m1/s1. The van der Waals surface area contributed by atoms with Gasteiger partial charge in [0, 0.05) is 24.7 Å². The number of nitrogens with one attached hydrogen (secondary N) is 2. The van der Waals surface area contributed by atoms with Crippen LogP contribution in [0, 0.1) is 16.7 Å². The number of likely N-dealkylation sites (tertiary alicyclic amines) is 1. The molecule has 0 aliphatic carbocycles. The van der Waals surface area contributed by atoms with Crippen LogP contribution in [-0.4, -0.2) is 48.6 Å². The summed E-state index contributed by atoms with van der Waals surface area (Å²) in [6, 6.07) is 16.2. The van der Waals surface area contributed by atoms with Gasteiger partial charge in [-0.3, -0.25) is 14.5 Å². The summed E-state index contributed by atoms with van der Waals surface area (Å²) < 4.78 is 16.2. The fourth-order valence-corrected chi connectivity index (χ4v) is 5.44. The number of nitrogens with zero attached hydrogens (tertiary/aromatic N) is 3. The largest absolute Gasteiger partial charge is 0.497 e. The molecular weight excluding hydrogens is 558 g/mol. The normalized spacial score (nSPS) is 14.5. The molecule has 0 bridgehead atoms. The predicted octanol–water partition coefficient (Wildman–Crippen LogP) is 5.05. The number of anilines is 1. The molecule has 2 aromatic carbocycles. The van der Waals surface area contributed by atoms with Gasteiger partial charge in [-0.1, -0.05) is 41.7 Å². The minimum Gasteiger partial charge on any atom is -0.497 e. The van der Waals surface area contributed by atoms with Crippen molar-refractivity contribution in [3.63, 3.8) is 0 Å². The summed E-state index contributed by atoms with van der Waals surface area (Å²) in [4.78, 5) is 45.5. The summed E-state index contributed by atoms with van der Waals surface area (Å²) in [6.45, 7) is 3.70. The molecule has 11 nitrogen and oxygen atoms in total. The molecule has 220 valence electrons. The van der Waals surface area contributed by atoms with Crippen molar-refractivity contribution in [1.82, 2.24) is 15.2 Å². The summed E-state index contributed by atoms with van der Waals surface area (Å²) in [7, 11) is 3.07. The SMILES string of the molecule is COc1ccc(CNC(=O)c2nc([C@H]3CCCN3C(=O)OCc3ccccc3)sc2NC(=O)C(C)(C)C#N)c(OC)c1. The van der Waals surface area contributed by atoms with E-state index in [4.69, 9.17) is 14.2 Å². The number of benzene rings is 2. The number of ether oxygens (including phenoxy) is 3. The van der Waals surface area contributed by atoms with Crippen LogP contribution >= 0.6 is 11.3 Å². The first-order chi connectivity index (χ1) is 20.2. The highest BCUT2D eigenvalue weighted by Crippen LogP contribution is 2.38. The maximum atomic E-state index is 13.4. The van der Waals surface area contributed by atoms with Gasteiger partial charge in [-0.05, 0) is 44.4 Å². The number of nitriles is 1. The van der Waals surface area contributed by atoms with Crippen molar-refractivity contribution in [2.45, 2.75) is 45.9 Å². The third kappa shape index (κ3) is 6.98. The molecule has 2 N–H and O–H groups in total. The number of rotatable bonds is 10. The van der Waals surface area contributed by atoms with Crippen molar-refractivity contribution in [1.29, 1.82) is 5.26 Å². The van der Waals surface area contributed by atoms with E-state index in [-0.39, 0.29) is 23.8 Å². The van der Waals surface area contributed by atoms with Crippen LogP contribution in [0.5, 0.6) is 11.5 Å². The molecule has 1 aromatic heterocycles. The van der Waals surface area contributed by atoms with Crippen molar-refractivity contribution in [2.75, 3.05) is 26.1 Å². The van der Waals surface area contributed by atoms with Gasteiger partial charge in [-0.15, -0.1) is 0 Å². The van der Waals surface area contributed by atoms with Crippen molar-refractivity contribution in [3.8, 4) is 17.6 Å². The smallest absolute Gasteiger partial charge is 0.410 e. The Bertz CT molecular complexity index is 1480. The first kappa shape index (κ1) is 30.3. The fraction of sp³-hybridized carbons (Fsp3) is 0.367. The predicted molar refractivity (Wildman–Crippen MR) is 156 cm³/mol. The zero-order valence-corrected chi connectivity index (χ0v) is 24.7. The number of methoxy groups -OCH3 is 2. The Hall–Kier alpha value is -4.63. The third-order valence-electron chi connectivity index (χ3n) is 6.84. The monoisotopic (exact) mass is 591 g/mol. The fourth-order valence-electron chi connectivity index (χ4n) is 4.33. The minimum absolute atomic E-state index is 0.00549. The van der Waals surface area contributed by atoms with Crippen molar-refractivity contribution < 1.29 is 28.6 Å². The molecule has 42 heavy (non-hydrogen) atoms. The number of carbonyl (C=O) groups is 3. The molecule has 0 radical (unpaired) electrons. The zero-order chi connectivity index (χ0) is 30.3. The second kappa shape index (κ2) is 13.4. The van der Waals surface area contributed by atoms with Crippen LogP contribution in [0.15, 0.2) is 48.5 Å². The Labute approximate surface area is 248 Å². The van der Waals surface area contributed by atoms with Crippen LogP contribution in [0.1, 0.15) is 59.4 Å². The van der Waals surface area contributed by atoms with E-state index in [9.17, 15) is 19.6 Å². The Morgan fingerprint density at radius 1 is 1.14 bits per heavy atom. The molecule has 4 rings (SSSR count).